The number of H-pyrrole nitrogens is 1. The summed E-state index contributed by atoms with van der Waals surface area (Å²) in [5.74, 6) is -1.64. The third kappa shape index (κ3) is 3.34. The van der Waals surface area contributed by atoms with Crippen LogP contribution in [0.5, 0.6) is 0 Å². The quantitative estimate of drug-likeness (QED) is 0.656. The van der Waals surface area contributed by atoms with Crippen molar-refractivity contribution in [1.29, 1.82) is 0 Å². The third-order valence-electron chi connectivity index (χ3n) is 2.43. The molecule has 0 saturated heterocycles. The van der Waals surface area contributed by atoms with Crippen molar-refractivity contribution in [3.05, 3.63) is 61.9 Å². The highest BCUT2D eigenvalue weighted by Crippen LogP contribution is 2.12. The van der Waals surface area contributed by atoms with Crippen LogP contribution < -0.4 is 10.9 Å². The smallest absolute Gasteiger partial charge is 0.296 e. The van der Waals surface area contributed by atoms with Crippen LogP contribution in [0.3, 0.4) is 0 Å². The maximum atomic E-state index is 11.9. The molecule has 0 saturated carbocycles. The van der Waals surface area contributed by atoms with Crippen LogP contribution in [0.4, 0.5) is 5.69 Å². The molecule has 2 aromatic rings. The standard InChI is InChI=1S/C13H8BrClN2O3/c14-8-5-10(12(19)16-6-8)17-13(20)11(18)7-1-3-9(15)4-2-7/h1-6H,(H,16,19)(H,17,20). The van der Waals surface area contributed by atoms with Crippen molar-refractivity contribution in [2.75, 3.05) is 5.32 Å². The number of benzene rings is 1. The largest absolute Gasteiger partial charge is 0.326 e. The van der Waals surface area contributed by atoms with Crippen molar-refractivity contribution >= 4 is 44.9 Å². The Morgan fingerprint density at radius 1 is 1.20 bits per heavy atom. The molecule has 2 rings (SSSR count). The number of anilines is 1. The van der Waals surface area contributed by atoms with Gasteiger partial charge in [-0.15, -0.1) is 0 Å². The summed E-state index contributed by atoms with van der Waals surface area (Å²) in [5.41, 5.74) is -0.310. The number of rotatable bonds is 3. The van der Waals surface area contributed by atoms with Crippen molar-refractivity contribution in [2.45, 2.75) is 0 Å². The first-order valence-corrected chi connectivity index (χ1v) is 6.64. The zero-order valence-electron chi connectivity index (χ0n) is 9.94. The molecule has 0 aliphatic heterocycles. The second-order valence-corrected chi connectivity index (χ2v) is 5.20. The van der Waals surface area contributed by atoms with Gasteiger partial charge in [0, 0.05) is 21.3 Å². The van der Waals surface area contributed by atoms with Crippen molar-refractivity contribution in [2.24, 2.45) is 0 Å². The normalized spacial score (nSPS) is 10.1. The molecule has 7 heteroatoms. The number of halogens is 2. The fourth-order valence-electron chi connectivity index (χ4n) is 1.46. The molecule has 0 bridgehead atoms. The summed E-state index contributed by atoms with van der Waals surface area (Å²) in [4.78, 5) is 37.6. The van der Waals surface area contributed by atoms with Crippen LogP contribution in [-0.2, 0) is 4.79 Å². The van der Waals surface area contributed by atoms with Gasteiger partial charge in [0.25, 0.3) is 17.2 Å². The van der Waals surface area contributed by atoms with E-state index < -0.39 is 17.2 Å². The van der Waals surface area contributed by atoms with Crippen LogP contribution in [0.2, 0.25) is 5.02 Å². The van der Waals surface area contributed by atoms with E-state index in [0.717, 1.165) is 0 Å². The lowest BCUT2D eigenvalue weighted by atomic mass is 10.1. The van der Waals surface area contributed by atoms with Crippen LogP contribution >= 0.6 is 27.5 Å². The van der Waals surface area contributed by atoms with Crippen molar-refractivity contribution in [3.8, 4) is 0 Å². The SMILES string of the molecule is O=C(Nc1cc(Br)c[nH]c1=O)C(=O)c1ccc(Cl)cc1. The zero-order valence-corrected chi connectivity index (χ0v) is 12.3. The van der Waals surface area contributed by atoms with E-state index in [1.165, 1.54) is 36.5 Å². The topological polar surface area (TPSA) is 79.0 Å². The van der Waals surface area contributed by atoms with E-state index in [-0.39, 0.29) is 11.3 Å². The number of Topliss-reactive ketones (excluding diaryl/α,β-unsaturated/α-hetero) is 1. The maximum absolute atomic E-state index is 11.9. The Morgan fingerprint density at radius 3 is 2.50 bits per heavy atom. The van der Waals surface area contributed by atoms with E-state index in [1.807, 2.05) is 0 Å². The minimum atomic E-state index is -0.893. The average molecular weight is 356 g/mol. The molecular weight excluding hydrogens is 348 g/mol. The van der Waals surface area contributed by atoms with Crippen molar-refractivity contribution in [1.82, 2.24) is 4.98 Å². The second-order valence-electron chi connectivity index (χ2n) is 3.85. The number of ketones is 1. The number of carbonyl (C=O) groups is 2. The molecule has 0 unspecified atom stereocenters. The number of nitrogens with one attached hydrogen (secondary N) is 2. The predicted molar refractivity (Wildman–Crippen MR) is 79.2 cm³/mol. The van der Waals surface area contributed by atoms with Gasteiger partial charge in [0.1, 0.15) is 5.69 Å². The number of hydrogen-bond donors (Lipinski definition) is 2. The Bertz CT molecular complexity index is 725. The van der Waals surface area contributed by atoms with E-state index in [1.54, 1.807) is 0 Å². The summed E-state index contributed by atoms with van der Waals surface area (Å²) in [6.07, 6.45) is 1.43. The molecule has 20 heavy (non-hydrogen) atoms. The lowest BCUT2D eigenvalue weighted by Gasteiger charge is -2.04. The predicted octanol–water partition coefficient (Wildman–Crippen LogP) is 2.61. The molecule has 0 aliphatic rings. The van der Waals surface area contributed by atoms with E-state index in [4.69, 9.17) is 11.6 Å². The van der Waals surface area contributed by atoms with Gasteiger partial charge in [-0.25, -0.2) is 0 Å². The van der Waals surface area contributed by atoms with Crippen molar-refractivity contribution < 1.29 is 9.59 Å². The Labute approximate surface area is 127 Å². The molecular formula is C13H8BrClN2O3. The molecule has 102 valence electrons. The molecule has 0 aliphatic carbocycles. The number of amides is 1. The van der Waals surface area contributed by atoms with Gasteiger partial charge in [-0.1, -0.05) is 11.6 Å². The van der Waals surface area contributed by atoms with Gasteiger partial charge < -0.3 is 10.3 Å². The van der Waals surface area contributed by atoms with Crippen LogP contribution in [0.15, 0.2) is 45.8 Å². The van der Waals surface area contributed by atoms with Crippen LogP contribution in [0.25, 0.3) is 0 Å². The number of carbonyl (C=O) groups excluding carboxylic acids is 2. The second kappa shape index (κ2) is 6.02. The highest BCUT2D eigenvalue weighted by Gasteiger charge is 2.17. The number of aromatic nitrogens is 1. The minimum absolute atomic E-state index is 0.00770. The van der Waals surface area contributed by atoms with E-state index in [2.05, 4.69) is 26.2 Å². The summed E-state index contributed by atoms with van der Waals surface area (Å²) >= 11 is 8.86. The summed E-state index contributed by atoms with van der Waals surface area (Å²) in [6.45, 7) is 0. The Balaban J connectivity index is 2.20. The maximum Gasteiger partial charge on any atom is 0.296 e. The summed E-state index contributed by atoms with van der Waals surface area (Å²) < 4.78 is 0.575. The lowest BCUT2D eigenvalue weighted by Crippen LogP contribution is -2.26. The van der Waals surface area contributed by atoms with Gasteiger partial charge in [0.05, 0.1) is 0 Å². The van der Waals surface area contributed by atoms with Gasteiger partial charge in [0.15, 0.2) is 0 Å². The molecule has 0 fully saturated rings. The number of hydrogen-bond acceptors (Lipinski definition) is 3. The minimum Gasteiger partial charge on any atom is -0.326 e. The van der Waals surface area contributed by atoms with E-state index >= 15 is 0 Å². The first-order valence-electron chi connectivity index (χ1n) is 5.47. The molecule has 0 spiro atoms. The molecule has 1 aromatic carbocycles. The average Bonchev–Trinajstić information content (AvgIpc) is 2.43. The molecule has 1 amide bonds. The molecule has 5 nitrogen and oxygen atoms in total. The highest BCUT2D eigenvalue weighted by atomic mass is 79.9. The molecule has 1 heterocycles. The molecule has 0 radical (unpaired) electrons. The fraction of sp³-hybridized carbons (Fsp3) is 0. The van der Waals surface area contributed by atoms with Gasteiger partial charge in [-0.3, -0.25) is 14.4 Å². The van der Waals surface area contributed by atoms with Crippen LogP contribution in [0, 0.1) is 0 Å². The summed E-state index contributed by atoms with van der Waals surface area (Å²) in [7, 11) is 0. The first-order chi connectivity index (χ1) is 9.47. The van der Waals surface area contributed by atoms with Gasteiger partial charge >= 0.3 is 0 Å². The first kappa shape index (κ1) is 14.5. The molecule has 2 N–H and O–H groups in total. The van der Waals surface area contributed by atoms with E-state index in [9.17, 15) is 14.4 Å². The lowest BCUT2D eigenvalue weighted by molar-refractivity contribution is -0.112. The van der Waals surface area contributed by atoms with Gasteiger partial charge in [0.2, 0.25) is 0 Å². The number of aromatic amines is 1. The Kier molecular flexibility index (Phi) is 4.36. The van der Waals surface area contributed by atoms with Crippen LogP contribution in [0.1, 0.15) is 10.4 Å². The van der Waals surface area contributed by atoms with Gasteiger partial charge in [-0.05, 0) is 46.3 Å². The monoisotopic (exact) mass is 354 g/mol. The number of pyridine rings is 1. The fourth-order valence-corrected chi connectivity index (χ4v) is 1.93. The Hall–Kier alpha value is -1.92. The summed E-state index contributed by atoms with van der Waals surface area (Å²) in [6, 6.07) is 7.30. The van der Waals surface area contributed by atoms with Crippen LogP contribution in [-0.4, -0.2) is 16.7 Å². The third-order valence-corrected chi connectivity index (χ3v) is 3.14. The molecule has 0 atom stereocenters. The van der Waals surface area contributed by atoms with E-state index in [0.29, 0.717) is 9.50 Å². The van der Waals surface area contributed by atoms with Crippen molar-refractivity contribution in [3.63, 3.8) is 0 Å². The Morgan fingerprint density at radius 2 is 1.85 bits per heavy atom. The summed E-state index contributed by atoms with van der Waals surface area (Å²) in [5, 5.41) is 2.73. The molecule has 1 aromatic heterocycles. The highest BCUT2D eigenvalue weighted by molar-refractivity contribution is 9.10. The van der Waals surface area contributed by atoms with Gasteiger partial charge in [-0.2, -0.15) is 0 Å². The zero-order chi connectivity index (χ0) is 14.7.